The van der Waals surface area contributed by atoms with Crippen molar-refractivity contribution in [1.82, 2.24) is 30.4 Å². The highest BCUT2D eigenvalue weighted by molar-refractivity contribution is 7.22. The molecule has 6 rings (SSSR count). The number of nitrogens with one attached hydrogen (secondary N) is 2. The van der Waals surface area contributed by atoms with Crippen molar-refractivity contribution in [3.63, 3.8) is 0 Å². The molecule has 1 saturated carbocycles. The van der Waals surface area contributed by atoms with Crippen LogP contribution in [0.4, 0.5) is 9.18 Å². The average molecular weight is 873 g/mol. The summed E-state index contributed by atoms with van der Waals surface area (Å²) >= 11 is 1.45. The van der Waals surface area contributed by atoms with E-state index in [0.717, 1.165) is 33.7 Å². The lowest BCUT2D eigenvalue weighted by molar-refractivity contribution is -0.156. The minimum Gasteiger partial charge on any atom is -0.454 e. The van der Waals surface area contributed by atoms with Gasteiger partial charge in [0.25, 0.3) is 5.91 Å². The second-order valence-corrected chi connectivity index (χ2v) is 18.8. The van der Waals surface area contributed by atoms with Crippen LogP contribution in [-0.4, -0.2) is 99.9 Å². The van der Waals surface area contributed by atoms with E-state index in [0.29, 0.717) is 61.9 Å². The third-order valence-electron chi connectivity index (χ3n) is 10.6. The summed E-state index contributed by atoms with van der Waals surface area (Å²) in [5.74, 6) is -1.61. The maximum Gasteiger partial charge on any atom is 0.408 e. The molecule has 0 bridgehead atoms. The number of halogens is 1. The number of pyridine rings is 2. The van der Waals surface area contributed by atoms with Gasteiger partial charge < -0.3 is 29.7 Å². The molecule has 0 unspecified atom stereocenters. The monoisotopic (exact) mass is 872 g/mol. The molecule has 332 valence electrons. The number of nitrogens with zero attached hydrogens (tertiary/aromatic N) is 4. The molecule has 2 fully saturated rings. The van der Waals surface area contributed by atoms with Crippen LogP contribution in [0.2, 0.25) is 0 Å². The lowest BCUT2D eigenvalue weighted by Gasteiger charge is -2.34. The molecule has 2 N–H and O–H groups in total. The van der Waals surface area contributed by atoms with Gasteiger partial charge in [0.05, 0.1) is 20.8 Å². The fourth-order valence-corrected chi connectivity index (χ4v) is 8.06. The van der Waals surface area contributed by atoms with Crippen molar-refractivity contribution < 1.29 is 42.6 Å². The predicted molar refractivity (Wildman–Crippen MR) is 233 cm³/mol. The number of piperazine rings is 1. The number of carbonyl (C=O) groups excluding carboxylic acids is 5. The lowest BCUT2D eigenvalue weighted by atomic mass is 10.0. The van der Waals surface area contributed by atoms with Crippen LogP contribution < -0.4 is 15.4 Å². The Balaban J connectivity index is 0.966. The Kier molecular flexibility index (Phi) is 15.0. The third-order valence-corrected chi connectivity index (χ3v) is 11.8. The number of hydrogen-bond donors (Lipinski definition) is 2. The summed E-state index contributed by atoms with van der Waals surface area (Å²) in [6.45, 7) is 14.5. The number of esters is 1. The molecular weight excluding hydrogens is 816 g/mol. The van der Waals surface area contributed by atoms with Crippen LogP contribution >= 0.6 is 11.3 Å². The third kappa shape index (κ3) is 12.8. The summed E-state index contributed by atoms with van der Waals surface area (Å²) in [6.07, 6.45) is 5.68. The molecule has 0 spiro atoms. The number of amides is 3. The first-order valence-electron chi connectivity index (χ1n) is 21.2. The van der Waals surface area contributed by atoms with Crippen LogP contribution in [-0.2, 0) is 41.6 Å². The maximum atomic E-state index is 15.1. The number of thiophene rings is 1. The quantitative estimate of drug-likeness (QED) is 0.104. The molecule has 1 saturated heterocycles. The molecule has 4 aromatic rings. The summed E-state index contributed by atoms with van der Waals surface area (Å²) in [6, 6.07) is 10.3. The van der Waals surface area contributed by atoms with E-state index < -0.39 is 48.1 Å². The molecule has 4 heterocycles. The van der Waals surface area contributed by atoms with Crippen LogP contribution in [0.25, 0.3) is 20.8 Å². The Labute approximate surface area is 365 Å². The molecular formula is C46H57FN6O8S. The van der Waals surface area contributed by atoms with Crippen molar-refractivity contribution in [2.75, 3.05) is 32.8 Å². The van der Waals surface area contributed by atoms with E-state index in [-0.39, 0.29) is 35.7 Å². The summed E-state index contributed by atoms with van der Waals surface area (Å²) < 4.78 is 32.6. The van der Waals surface area contributed by atoms with Crippen molar-refractivity contribution in [3.8, 4) is 22.1 Å². The Bertz CT molecular complexity index is 2250. The summed E-state index contributed by atoms with van der Waals surface area (Å²) in [4.78, 5) is 78.0. The topological polar surface area (TPSA) is 169 Å². The fraction of sp³-hybridized carbons (Fsp3) is 0.500. The first kappa shape index (κ1) is 46.0. The highest BCUT2D eigenvalue weighted by atomic mass is 32.1. The highest BCUT2D eigenvalue weighted by Gasteiger charge is 2.33. The van der Waals surface area contributed by atoms with Crippen molar-refractivity contribution in [3.05, 3.63) is 71.8 Å². The smallest absolute Gasteiger partial charge is 0.408 e. The van der Waals surface area contributed by atoms with Gasteiger partial charge in [0.1, 0.15) is 29.2 Å². The van der Waals surface area contributed by atoms with E-state index in [4.69, 9.17) is 19.2 Å². The van der Waals surface area contributed by atoms with E-state index in [1.165, 1.54) is 17.4 Å². The van der Waals surface area contributed by atoms with Crippen molar-refractivity contribution in [1.29, 1.82) is 0 Å². The molecule has 16 heteroatoms. The molecule has 1 aliphatic heterocycles. The van der Waals surface area contributed by atoms with Crippen LogP contribution in [0.1, 0.15) is 78.9 Å². The number of aromatic nitrogens is 2. The van der Waals surface area contributed by atoms with Crippen molar-refractivity contribution in [2.45, 2.75) is 98.4 Å². The van der Waals surface area contributed by atoms with Gasteiger partial charge in [-0.15, -0.1) is 11.3 Å². The number of rotatable bonds is 17. The number of hydrogen-bond acceptors (Lipinski definition) is 12. The Morgan fingerprint density at radius 2 is 1.58 bits per heavy atom. The maximum absolute atomic E-state index is 15.1. The van der Waals surface area contributed by atoms with Gasteiger partial charge >= 0.3 is 12.1 Å². The SMILES string of the molecule is CC(C)[C@H](NC(=O)OC(C)(C)C)C(=O)N[C@H](C(=O)OCC(=O)N1CCN(Cc2ccc(-c3cc4nccc(Oc5ccc(CC(=O)CC6CC6)cc5F)c4s3)nc2)CC1)C(C)C. The van der Waals surface area contributed by atoms with E-state index in [9.17, 15) is 24.0 Å². The summed E-state index contributed by atoms with van der Waals surface area (Å²) in [7, 11) is 0. The molecule has 1 aromatic carbocycles. The minimum atomic E-state index is -1.03. The van der Waals surface area contributed by atoms with Crippen LogP contribution in [0.5, 0.6) is 11.5 Å². The van der Waals surface area contributed by atoms with E-state index in [2.05, 4.69) is 20.5 Å². The second-order valence-electron chi connectivity index (χ2n) is 17.8. The molecule has 62 heavy (non-hydrogen) atoms. The number of carbonyl (C=O) groups is 5. The lowest BCUT2D eigenvalue weighted by Crippen LogP contribution is -2.56. The summed E-state index contributed by atoms with van der Waals surface area (Å²) in [5, 5.41) is 5.28. The zero-order chi connectivity index (χ0) is 44.7. The molecule has 3 amide bonds. The summed E-state index contributed by atoms with van der Waals surface area (Å²) in [5.41, 5.74) is 2.35. The number of alkyl carbamates (subject to hydrolysis) is 1. The number of ketones is 1. The number of fused-ring (bicyclic) bond motifs is 1. The highest BCUT2D eigenvalue weighted by Crippen LogP contribution is 2.39. The van der Waals surface area contributed by atoms with Gasteiger partial charge in [-0.3, -0.25) is 29.3 Å². The van der Waals surface area contributed by atoms with E-state index in [1.54, 1.807) is 77.8 Å². The normalized spacial score (nSPS) is 15.6. The minimum absolute atomic E-state index is 0.0764. The zero-order valence-corrected chi connectivity index (χ0v) is 37.3. The first-order chi connectivity index (χ1) is 29.4. The first-order valence-corrected chi connectivity index (χ1v) is 22.0. The number of benzene rings is 1. The standard InChI is InChI=1S/C46H57FN6O8S/c1-27(2)40(51-45(58)61-46(5,6)7)43(56)50-41(28(3)4)44(57)59-26-39(55)53-18-16-52(17-19-53)25-31-10-12-34(49-24-31)38-23-35-42(62-38)37(14-15-48-35)60-36-13-11-30(22-33(36)47)21-32(54)20-29-8-9-29/h10-15,22-24,27-29,40-41H,8-9,16-21,25-26H2,1-7H3,(H,50,56)(H,51,58)/t40-,41-/m0/s1. The van der Waals surface area contributed by atoms with Gasteiger partial charge in [0.15, 0.2) is 18.2 Å². The molecule has 14 nitrogen and oxygen atoms in total. The zero-order valence-electron chi connectivity index (χ0n) is 36.5. The van der Waals surface area contributed by atoms with Crippen molar-refractivity contribution >= 4 is 51.2 Å². The predicted octanol–water partition coefficient (Wildman–Crippen LogP) is 7.08. The Hall–Kier alpha value is -5.48. The molecule has 0 radical (unpaired) electrons. The van der Waals surface area contributed by atoms with Gasteiger partial charge in [-0.2, -0.15) is 0 Å². The van der Waals surface area contributed by atoms with Gasteiger partial charge in [0.2, 0.25) is 5.91 Å². The van der Waals surface area contributed by atoms with E-state index in [1.807, 2.05) is 24.4 Å². The van der Waals surface area contributed by atoms with Crippen LogP contribution in [0.3, 0.4) is 0 Å². The van der Waals surface area contributed by atoms with Crippen molar-refractivity contribution in [2.24, 2.45) is 17.8 Å². The second kappa shape index (κ2) is 20.1. The van der Waals surface area contributed by atoms with Gasteiger partial charge in [0, 0.05) is 64.0 Å². The van der Waals surface area contributed by atoms with Gasteiger partial charge in [-0.1, -0.05) is 39.8 Å². The molecule has 1 aliphatic carbocycles. The van der Waals surface area contributed by atoms with Crippen LogP contribution in [0, 0.1) is 23.6 Å². The Morgan fingerprint density at radius 1 is 0.871 bits per heavy atom. The number of ether oxygens (including phenoxy) is 3. The molecule has 3 aromatic heterocycles. The largest absolute Gasteiger partial charge is 0.454 e. The van der Waals surface area contributed by atoms with Gasteiger partial charge in [-0.25, -0.2) is 14.0 Å². The number of Topliss-reactive ketones (excluding diaryl/α,β-unsaturated/α-hetero) is 1. The van der Waals surface area contributed by atoms with Crippen LogP contribution in [0.15, 0.2) is 54.9 Å². The fourth-order valence-electron chi connectivity index (χ4n) is 7.02. The molecule has 2 atom stereocenters. The van der Waals surface area contributed by atoms with Gasteiger partial charge in [-0.05, 0) is 86.8 Å². The van der Waals surface area contributed by atoms with E-state index >= 15 is 4.39 Å². The molecule has 2 aliphatic rings. The Morgan fingerprint density at radius 3 is 2.21 bits per heavy atom. The average Bonchev–Trinajstić information content (AvgIpc) is 3.91.